The van der Waals surface area contributed by atoms with Gasteiger partial charge in [0.25, 0.3) is 0 Å². The van der Waals surface area contributed by atoms with Gasteiger partial charge < -0.3 is 14.4 Å². The van der Waals surface area contributed by atoms with Gasteiger partial charge in [-0.15, -0.1) is 0 Å². The first-order valence-electron chi connectivity index (χ1n) is 8.75. The smallest absolute Gasteiger partial charge is 0.246 e. The van der Waals surface area contributed by atoms with Gasteiger partial charge in [0.05, 0.1) is 46.0 Å². The van der Waals surface area contributed by atoms with E-state index in [1.807, 2.05) is 18.2 Å². The second-order valence-electron chi connectivity index (χ2n) is 6.44. The number of ether oxygens (including phenoxy) is 2. The lowest BCUT2D eigenvalue weighted by Gasteiger charge is -2.31. The zero-order valence-corrected chi connectivity index (χ0v) is 16.3. The summed E-state index contributed by atoms with van der Waals surface area (Å²) in [6.45, 7) is 2.66. The molecule has 6 nitrogen and oxygen atoms in total. The molecule has 8 heteroatoms. The average molecular weight is 395 g/mol. The largest absolute Gasteiger partial charge is 0.497 e. The number of methoxy groups -OCH3 is 2. The molecule has 0 spiro atoms. The van der Waals surface area contributed by atoms with Crippen LogP contribution in [-0.4, -0.2) is 53.1 Å². The van der Waals surface area contributed by atoms with Crippen molar-refractivity contribution < 1.29 is 27.2 Å². The van der Waals surface area contributed by atoms with E-state index in [-0.39, 0.29) is 4.90 Å². The lowest BCUT2D eigenvalue weighted by Crippen LogP contribution is -3.13. The molecule has 27 heavy (non-hydrogen) atoms. The van der Waals surface area contributed by atoms with Gasteiger partial charge in [-0.05, 0) is 30.3 Å². The van der Waals surface area contributed by atoms with Crippen LogP contribution in [0.5, 0.6) is 11.5 Å². The summed E-state index contributed by atoms with van der Waals surface area (Å²) < 4.78 is 51.4. The molecule has 1 fully saturated rings. The normalized spacial score (nSPS) is 16.3. The Labute approximate surface area is 159 Å². The fraction of sp³-hybridized carbons (Fsp3) is 0.368. The fourth-order valence-electron chi connectivity index (χ4n) is 3.30. The van der Waals surface area contributed by atoms with Gasteiger partial charge in [0.2, 0.25) is 10.0 Å². The van der Waals surface area contributed by atoms with E-state index in [0.29, 0.717) is 32.7 Å². The minimum absolute atomic E-state index is 0.261. The van der Waals surface area contributed by atoms with Crippen molar-refractivity contribution in [1.82, 2.24) is 4.31 Å². The zero-order valence-electron chi connectivity index (χ0n) is 15.4. The monoisotopic (exact) mass is 395 g/mol. The van der Waals surface area contributed by atoms with Crippen molar-refractivity contribution in [2.24, 2.45) is 0 Å². The number of nitrogens with zero attached hydrogens (tertiary/aromatic N) is 1. The number of hydrogen-bond acceptors (Lipinski definition) is 4. The van der Waals surface area contributed by atoms with Gasteiger partial charge in [-0.3, -0.25) is 0 Å². The molecule has 0 unspecified atom stereocenters. The predicted molar refractivity (Wildman–Crippen MR) is 99.1 cm³/mol. The van der Waals surface area contributed by atoms with Gasteiger partial charge in [-0.1, -0.05) is 12.1 Å². The number of sulfonamides is 1. The number of benzene rings is 2. The fourth-order valence-corrected chi connectivity index (χ4v) is 4.81. The lowest BCUT2D eigenvalue weighted by atomic mass is 10.1. The van der Waals surface area contributed by atoms with Crippen molar-refractivity contribution in [3.05, 3.63) is 53.8 Å². The highest BCUT2D eigenvalue weighted by molar-refractivity contribution is 7.89. The molecule has 1 saturated heterocycles. The SMILES string of the molecule is COc1ccc(OC)c(C[NH+]2CCN(S(=O)(=O)c3ccccc3F)CC2)c1. The van der Waals surface area contributed by atoms with Crippen LogP contribution in [-0.2, 0) is 16.6 Å². The summed E-state index contributed by atoms with van der Waals surface area (Å²) in [5.74, 6) is 0.823. The molecule has 3 rings (SSSR count). The topological polar surface area (TPSA) is 60.3 Å². The zero-order chi connectivity index (χ0) is 19.4. The van der Waals surface area contributed by atoms with E-state index in [4.69, 9.17) is 9.47 Å². The van der Waals surface area contributed by atoms with Gasteiger partial charge >= 0.3 is 0 Å². The van der Waals surface area contributed by atoms with Crippen molar-refractivity contribution in [3.8, 4) is 11.5 Å². The summed E-state index contributed by atoms with van der Waals surface area (Å²) in [6, 6.07) is 11.1. The van der Waals surface area contributed by atoms with E-state index >= 15 is 0 Å². The Kier molecular flexibility index (Phi) is 5.98. The maximum Gasteiger partial charge on any atom is 0.246 e. The van der Waals surface area contributed by atoms with E-state index in [0.717, 1.165) is 17.1 Å². The van der Waals surface area contributed by atoms with Crippen LogP contribution in [0, 0.1) is 5.82 Å². The van der Waals surface area contributed by atoms with Crippen molar-refractivity contribution in [2.75, 3.05) is 40.4 Å². The summed E-state index contributed by atoms with van der Waals surface area (Å²) in [5, 5.41) is 0. The van der Waals surface area contributed by atoms with Crippen molar-refractivity contribution in [1.29, 1.82) is 0 Å². The van der Waals surface area contributed by atoms with Gasteiger partial charge in [-0.2, -0.15) is 4.31 Å². The standard InChI is InChI=1S/C19H23FN2O4S/c1-25-16-7-8-18(26-2)15(13-16)14-21-9-11-22(12-10-21)27(23,24)19-6-4-3-5-17(19)20/h3-8,13H,9-12,14H2,1-2H3/p+1. The lowest BCUT2D eigenvalue weighted by molar-refractivity contribution is -0.917. The third-order valence-corrected chi connectivity index (χ3v) is 6.74. The van der Waals surface area contributed by atoms with Crippen molar-refractivity contribution >= 4 is 10.0 Å². The van der Waals surface area contributed by atoms with Crippen LogP contribution in [0.2, 0.25) is 0 Å². The molecule has 0 amide bonds. The Morgan fingerprint density at radius 3 is 2.41 bits per heavy atom. The minimum Gasteiger partial charge on any atom is -0.497 e. The maximum atomic E-state index is 13.9. The van der Waals surface area contributed by atoms with Crippen LogP contribution in [0.15, 0.2) is 47.4 Å². The molecule has 1 aliphatic rings. The summed E-state index contributed by atoms with van der Waals surface area (Å²) in [7, 11) is -0.572. The maximum absolute atomic E-state index is 13.9. The van der Waals surface area contributed by atoms with Crippen LogP contribution < -0.4 is 14.4 Å². The number of nitrogens with one attached hydrogen (secondary N) is 1. The summed E-state index contributed by atoms with van der Waals surface area (Å²) in [5.41, 5.74) is 1.01. The quantitative estimate of drug-likeness (QED) is 0.791. The van der Waals surface area contributed by atoms with Gasteiger partial charge in [0.15, 0.2) is 0 Å². The first-order valence-corrected chi connectivity index (χ1v) is 10.2. The first-order chi connectivity index (χ1) is 13.0. The van der Waals surface area contributed by atoms with E-state index in [1.54, 1.807) is 14.2 Å². The van der Waals surface area contributed by atoms with E-state index in [2.05, 4.69) is 0 Å². The Bertz CT molecular complexity index is 896. The number of hydrogen-bond donors (Lipinski definition) is 1. The molecule has 0 saturated carbocycles. The number of piperazine rings is 1. The highest BCUT2D eigenvalue weighted by Gasteiger charge is 2.32. The molecular weight excluding hydrogens is 371 g/mol. The highest BCUT2D eigenvalue weighted by Crippen LogP contribution is 2.23. The third-order valence-electron chi connectivity index (χ3n) is 4.81. The Balaban J connectivity index is 1.68. The minimum atomic E-state index is -3.81. The second kappa shape index (κ2) is 8.24. The van der Waals surface area contributed by atoms with Crippen LogP contribution >= 0.6 is 0 Å². The van der Waals surface area contributed by atoms with Crippen LogP contribution in [0.4, 0.5) is 4.39 Å². The molecule has 2 aromatic carbocycles. The van der Waals surface area contributed by atoms with E-state index in [9.17, 15) is 12.8 Å². The van der Waals surface area contributed by atoms with Crippen LogP contribution in [0.25, 0.3) is 0 Å². The summed E-state index contributed by atoms with van der Waals surface area (Å²) in [6.07, 6.45) is 0. The number of halogens is 1. The molecule has 146 valence electrons. The molecule has 1 N–H and O–H groups in total. The molecule has 1 heterocycles. The molecule has 0 bridgehead atoms. The summed E-state index contributed by atoms with van der Waals surface area (Å²) in [4.78, 5) is 0.976. The third kappa shape index (κ3) is 4.23. The molecule has 0 aliphatic carbocycles. The summed E-state index contributed by atoms with van der Waals surface area (Å²) >= 11 is 0. The molecule has 0 radical (unpaired) electrons. The van der Waals surface area contributed by atoms with Gasteiger partial charge in [-0.25, -0.2) is 12.8 Å². The molecule has 2 aromatic rings. The Hall–Kier alpha value is -2.16. The van der Waals surface area contributed by atoms with Crippen LogP contribution in [0.1, 0.15) is 5.56 Å². The Morgan fingerprint density at radius 1 is 1.07 bits per heavy atom. The first kappa shape index (κ1) is 19.6. The molecule has 0 atom stereocenters. The van der Waals surface area contributed by atoms with E-state index < -0.39 is 15.8 Å². The van der Waals surface area contributed by atoms with Crippen molar-refractivity contribution in [3.63, 3.8) is 0 Å². The van der Waals surface area contributed by atoms with Crippen molar-refractivity contribution in [2.45, 2.75) is 11.4 Å². The molecule has 1 aliphatic heterocycles. The highest BCUT2D eigenvalue weighted by atomic mass is 32.2. The predicted octanol–water partition coefficient (Wildman–Crippen LogP) is 0.932. The average Bonchev–Trinajstić information content (AvgIpc) is 2.68. The van der Waals surface area contributed by atoms with Gasteiger partial charge in [0, 0.05) is 0 Å². The van der Waals surface area contributed by atoms with E-state index in [1.165, 1.54) is 33.5 Å². The second-order valence-corrected chi connectivity index (χ2v) is 8.35. The molecular formula is C19H24FN2O4S+. The number of rotatable bonds is 6. The molecule has 0 aromatic heterocycles. The Morgan fingerprint density at radius 2 is 1.78 bits per heavy atom. The number of quaternary nitrogens is 1. The van der Waals surface area contributed by atoms with Crippen LogP contribution in [0.3, 0.4) is 0 Å². The van der Waals surface area contributed by atoms with Gasteiger partial charge in [0.1, 0.15) is 28.8 Å².